The van der Waals surface area contributed by atoms with Gasteiger partial charge in [-0.3, -0.25) is 10.1 Å². The number of fused-ring (bicyclic) bond motifs is 1. The first-order chi connectivity index (χ1) is 10.7. The average molecular weight is 332 g/mol. The molecule has 0 radical (unpaired) electrons. The van der Waals surface area contributed by atoms with Gasteiger partial charge in [-0.1, -0.05) is 13.8 Å². The van der Waals surface area contributed by atoms with E-state index in [0.29, 0.717) is 5.56 Å². The Labute approximate surface area is 139 Å². The van der Waals surface area contributed by atoms with Crippen LogP contribution in [-0.2, 0) is 12.8 Å². The first-order valence-corrected chi connectivity index (χ1v) is 9.48. The van der Waals surface area contributed by atoms with E-state index >= 15 is 0 Å². The molecule has 1 amide bonds. The van der Waals surface area contributed by atoms with Crippen molar-refractivity contribution in [2.45, 2.75) is 38.0 Å². The first kappa shape index (κ1) is 15.6. The van der Waals surface area contributed by atoms with Crippen LogP contribution in [0.1, 0.15) is 41.2 Å². The normalized spacial score (nSPS) is 17.1. The van der Waals surface area contributed by atoms with Gasteiger partial charge in [0, 0.05) is 15.3 Å². The van der Waals surface area contributed by atoms with Gasteiger partial charge in [0.1, 0.15) is 0 Å². The zero-order valence-electron chi connectivity index (χ0n) is 12.9. The Morgan fingerprint density at radius 1 is 1.41 bits per heavy atom. The summed E-state index contributed by atoms with van der Waals surface area (Å²) in [7, 11) is 0. The van der Waals surface area contributed by atoms with Crippen molar-refractivity contribution in [2.24, 2.45) is 5.92 Å². The van der Waals surface area contributed by atoms with E-state index in [0.717, 1.165) is 29.6 Å². The molecule has 2 aromatic rings. The molecule has 3 rings (SSSR count). The molecular formula is C17H20N2OS2. The molecule has 0 spiro atoms. The first-order valence-electron chi connectivity index (χ1n) is 7.68. The van der Waals surface area contributed by atoms with Gasteiger partial charge in [0.05, 0.1) is 5.69 Å². The predicted octanol–water partition coefficient (Wildman–Crippen LogP) is 4.63. The molecule has 0 saturated heterocycles. The highest BCUT2D eigenvalue weighted by Gasteiger charge is 2.20. The fourth-order valence-corrected chi connectivity index (χ4v) is 4.46. The largest absolute Gasteiger partial charge is 0.298 e. The molecule has 1 aliphatic carbocycles. The molecular weight excluding hydrogens is 312 g/mol. The highest BCUT2D eigenvalue weighted by Crippen LogP contribution is 2.32. The lowest BCUT2D eigenvalue weighted by Crippen LogP contribution is -2.11. The summed E-state index contributed by atoms with van der Waals surface area (Å²) in [6.45, 7) is 4.40. The van der Waals surface area contributed by atoms with Gasteiger partial charge >= 0.3 is 0 Å². The Hall–Kier alpha value is -1.33. The lowest BCUT2D eigenvalue weighted by atomic mass is 9.93. The molecule has 1 N–H and O–H groups in total. The Kier molecular flexibility index (Phi) is 4.84. The summed E-state index contributed by atoms with van der Waals surface area (Å²) in [6.07, 6.45) is 3.32. The number of benzene rings is 1. The van der Waals surface area contributed by atoms with Gasteiger partial charge in [-0.2, -0.15) is 0 Å². The highest BCUT2D eigenvalue weighted by atomic mass is 32.2. The number of aromatic nitrogens is 1. The molecule has 0 unspecified atom stereocenters. The van der Waals surface area contributed by atoms with Crippen LogP contribution < -0.4 is 5.32 Å². The van der Waals surface area contributed by atoms with Gasteiger partial charge in [0.15, 0.2) is 5.13 Å². The second-order valence-corrected chi connectivity index (χ2v) is 8.07. The van der Waals surface area contributed by atoms with Crippen LogP contribution in [0.3, 0.4) is 0 Å². The molecule has 116 valence electrons. The predicted molar refractivity (Wildman–Crippen MR) is 94.1 cm³/mol. The summed E-state index contributed by atoms with van der Waals surface area (Å²) in [5, 5.41) is 3.68. The van der Waals surface area contributed by atoms with Crippen LogP contribution in [-0.4, -0.2) is 16.6 Å². The second kappa shape index (κ2) is 6.84. The minimum atomic E-state index is -0.0767. The minimum Gasteiger partial charge on any atom is -0.298 e. The fraction of sp³-hybridized carbons (Fsp3) is 0.412. The van der Waals surface area contributed by atoms with Crippen molar-refractivity contribution in [3.8, 4) is 0 Å². The molecule has 0 aliphatic heterocycles. The molecule has 22 heavy (non-hydrogen) atoms. The van der Waals surface area contributed by atoms with Gasteiger partial charge in [0.25, 0.3) is 5.91 Å². The van der Waals surface area contributed by atoms with Crippen LogP contribution in [0.15, 0.2) is 29.2 Å². The number of carbonyl (C=O) groups excluding carboxylic acids is 1. The number of rotatable bonds is 4. The SMILES string of the molecule is CCSc1ccc(C(=O)Nc2nc3c(s2)C[C@@H](C)CC3)cc1. The number of nitrogens with one attached hydrogen (secondary N) is 1. The third-order valence-electron chi connectivity index (χ3n) is 3.83. The summed E-state index contributed by atoms with van der Waals surface area (Å²) < 4.78 is 0. The van der Waals surface area contributed by atoms with Crippen LogP contribution in [0, 0.1) is 5.92 Å². The van der Waals surface area contributed by atoms with Crippen molar-refractivity contribution in [1.82, 2.24) is 4.98 Å². The second-order valence-electron chi connectivity index (χ2n) is 5.65. The number of carbonyl (C=O) groups is 1. The van der Waals surface area contributed by atoms with Crippen LogP contribution in [0.25, 0.3) is 0 Å². The van der Waals surface area contributed by atoms with Gasteiger partial charge < -0.3 is 0 Å². The molecule has 1 aromatic heterocycles. The highest BCUT2D eigenvalue weighted by molar-refractivity contribution is 7.99. The zero-order chi connectivity index (χ0) is 15.5. The Balaban J connectivity index is 1.69. The van der Waals surface area contributed by atoms with Gasteiger partial charge in [0.2, 0.25) is 0 Å². The van der Waals surface area contributed by atoms with Crippen molar-refractivity contribution < 1.29 is 4.79 Å². The molecule has 1 aromatic carbocycles. The van der Waals surface area contributed by atoms with Crippen molar-refractivity contribution in [1.29, 1.82) is 0 Å². The van der Waals surface area contributed by atoms with E-state index in [1.54, 1.807) is 23.1 Å². The summed E-state index contributed by atoms with van der Waals surface area (Å²) in [5.41, 5.74) is 1.86. The summed E-state index contributed by atoms with van der Waals surface area (Å²) in [6, 6.07) is 7.75. The number of thioether (sulfide) groups is 1. The molecule has 0 saturated carbocycles. The maximum atomic E-state index is 12.3. The third kappa shape index (κ3) is 3.52. The lowest BCUT2D eigenvalue weighted by molar-refractivity contribution is 0.102. The lowest BCUT2D eigenvalue weighted by Gasteiger charge is -2.15. The third-order valence-corrected chi connectivity index (χ3v) is 5.76. The number of amides is 1. The number of hydrogen-bond donors (Lipinski definition) is 1. The number of hydrogen-bond acceptors (Lipinski definition) is 4. The topological polar surface area (TPSA) is 42.0 Å². The molecule has 1 aliphatic rings. The maximum absolute atomic E-state index is 12.3. The quantitative estimate of drug-likeness (QED) is 0.830. The van der Waals surface area contributed by atoms with Crippen molar-refractivity contribution in [2.75, 3.05) is 11.1 Å². The molecule has 5 heteroatoms. The van der Waals surface area contributed by atoms with E-state index in [1.807, 2.05) is 24.3 Å². The zero-order valence-corrected chi connectivity index (χ0v) is 14.5. The van der Waals surface area contributed by atoms with Crippen molar-refractivity contribution in [3.63, 3.8) is 0 Å². The van der Waals surface area contributed by atoms with E-state index in [4.69, 9.17) is 0 Å². The number of thiazole rings is 1. The number of nitrogens with zero attached hydrogens (tertiary/aromatic N) is 1. The molecule has 0 fully saturated rings. The fourth-order valence-electron chi connectivity index (χ4n) is 2.63. The molecule has 3 nitrogen and oxygen atoms in total. The molecule has 0 bridgehead atoms. The van der Waals surface area contributed by atoms with E-state index in [9.17, 15) is 4.79 Å². The van der Waals surface area contributed by atoms with Crippen LogP contribution in [0.5, 0.6) is 0 Å². The van der Waals surface area contributed by atoms with Gasteiger partial charge in [-0.25, -0.2) is 4.98 Å². The Morgan fingerprint density at radius 2 is 2.18 bits per heavy atom. The van der Waals surface area contributed by atoms with Crippen molar-refractivity contribution >= 4 is 34.1 Å². The van der Waals surface area contributed by atoms with Crippen molar-refractivity contribution in [3.05, 3.63) is 40.4 Å². The van der Waals surface area contributed by atoms with Crippen LogP contribution in [0.2, 0.25) is 0 Å². The Morgan fingerprint density at radius 3 is 2.91 bits per heavy atom. The average Bonchev–Trinajstić information content (AvgIpc) is 2.89. The van der Waals surface area contributed by atoms with E-state index in [-0.39, 0.29) is 5.91 Å². The van der Waals surface area contributed by atoms with Gasteiger partial charge in [-0.05, 0) is 55.2 Å². The van der Waals surface area contributed by atoms with E-state index in [1.165, 1.54) is 21.9 Å². The minimum absolute atomic E-state index is 0.0767. The Bertz CT molecular complexity index is 664. The number of aryl methyl sites for hydroxylation is 1. The summed E-state index contributed by atoms with van der Waals surface area (Å²) >= 11 is 3.40. The molecule has 1 heterocycles. The van der Waals surface area contributed by atoms with Crippen LogP contribution >= 0.6 is 23.1 Å². The van der Waals surface area contributed by atoms with Crippen LogP contribution in [0.4, 0.5) is 5.13 Å². The standard InChI is InChI=1S/C17H20N2OS2/c1-3-21-13-7-5-12(6-8-13)16(20)19-17-18-14-9-4-11(2)10-15(14)22-17/h5-8,11H,3-4,9-10H2,1-2H3,(H,18,19,20)/t11-/m0/s1. The summed E-state index contributed by atoms with van der Waals surface area (Å²) in [4.78, 5) is 19.4. The van der Waals surface area contributed by atoms with E-state index in [2.05, 4.69) is 24.1 Å². The van der Waals surface area contributed by atoms with Gasteiger partial charge in [-0.15, -0.1) is 23.1 Å². The maximum Gasteiger partial charge on any atom is 0.257 e. The summed E-state index contributed by atoms with van der Waals surface area (Å²) in [5.74, 6) is 1.68. The monoisotopic (exact) mass is 332 g/mol. The smallest absolute Gasteiger partial charge is 0.257 e. The van der Waals surface area contributed by atoms with E-state index < -0.39 is 0 Å². The molecule has 1 atom stereocenters. The number of anilines is 1.